The number of ether oxygens (including phenoxy) is 2. The monoisotopic (exact) mass is 524 g/mol. The zero-order chi connectivity index (χ0) is 26.7. The van der Waals surface area contributed by atoms with Crippen LogP contribution >= 0.6 is 0 Å². The van der Waals surface area contributed by atoms with Crippen LogP contribution in [0.5, 0.6) is 11.5 Å². The number of nitrogens with one attached hydrogen (secondary N) is 1. The zero-order valence-electron chi connectivity index (χ0n) is 22.3. The first-order chi connectivity index (χ1) is 19.8. The van der Waals surface area contributed by atoms with Crippen molar-refractivity contribution in [3.8, 4) is 11.5 Å². The van der Waals surface area contributed by atoms with E-state index >= 15 is 0 Å². The molecule has 0 saturated heterocycles. The summed E-state index contributed by atoms with van der Waals surface area (Å²) in [5.41, 5.74) is 7.11. The van der Waals surface area contributed by atoms with E-state index in [1.165, 1.54) is 16.7 Å². The molecule has 3 atom stereocenters. The van der Waals surface area contributed by atoms with Crippen molar-refractivity contribution in [3.63, 3.8) is 0 Å². The standard InChI is InChI=1S/C36H32N2O2/c1-3-11-26(12-4-1)23-32-35(39-34-18-10-8-16-31(34)37-32)28-19-21-29(22-20-28)36-38(24-27-13-5-2-6-14-27)25-30-15-7-9-17-33(30)40-36/h1-22,32,35-37H,23-25H2. The Kier molecular flexibility index (Phi) is 6.68. The van der Waals surface area contributed by atoms with Crippen LogP contribution < -0.4 is 14.8 Å². The number of para-hydroxylation sites is 3. The van der Waals surface area contributed by atoms with Gasteiger partial charge >= 0.3 is 0 Å². The first-order valence-electron chi connectivity index (χ1n) is 14.0. The maximum Gasteiger partial charge on any atom is 0.179 e. The third-order valence-corrected chi connectivity index (χ3v) is 7.84. The molecule has 5 aromatic rings. The number of rotatable bonds is 6. The van der Waals surface area contributed by atoms with E-state index < -0.39 is 0 Å². The lowest BCUT2D eigenvalue weighted by Gasteiger charge is -2.38. The fourth-order valence-corrected chi connectivity index (χ4v) is 5.84. The lowest BCUT2D eigenvalue weighted by molar-refractivity contribution is -0.00893. The molecule has 0 fully saturated rings. The summed E-state index contributed by atoms with van der Waals surface area (Å²) in [5.74, 6) is 1.85. The third kappa shape index (κ3) is 5.06. The average Bonchev–Trinajstić information content (AvgIpc) is 3.01. The zero-order valence-corrected chi connectivity index (χ0v) is 22.3. The Morgan fingerprint density at radius 2 is 1.23 bits per heavy atom. The van der Waals surface area contributed by atoms with Gasteiger partial charge in [-0.2, -0.15) is 0 Å². The highest BCUT2D eigenvalue weighted by molar-refractivity contribution is 5.59. The molecule has 5 aromatic carbocycles. The molecule has 0 saturated carbocycles. The molecule has 4 nitrogen and oxygen atoms in total. The summed E-state index contributed by atoms with van der Waals surface area (Å²) in [6.07, 6.45) is 0.586. The van der Waals surface area contributed by atoms with Crippen LogP contribution in [0.3, 0.4) is 0 Å². The summed E-state index contributed by atoms with van der Waals surface area (Å²) in [6, 6.07) is 46.7. The number of nitrogens with zero attached hydrogens (tertiary/aromatic N) is 1. The molecule has 4 heteroatoms. The van der Waals surface area contributed by atoms with Crippen molar-refractivity contribution in [1.29, 1.82) is 0 Å². The minimum atomic E-state index is -0.171. The van der Waals surface area contributed by atoms with Gasteiger partial charge in [0.2, 0.25) is 0 Å². The van der Waals surface area contributed by atoms with Gasteiger partial charge in [-0.25, -0.2) is 0 Å². The Morgan fingerprint density at radius 3 is 2.00 bits per heavy atom. The van der Waals surface area contributed by atoms with E-state index in [0.29, 0.717) is 0 Å². The molecule has 1 N–H and O–H groups in total. The molecule has 0 aromatic heterocycles. The Bertz CT molecular complexity index is 1450. The van der Waals surface area contributed by atoms with Gasteiger partial charge in [-0.3, -0.25) is 4.90 Å². The predicted octanol–water partition coefficient (Wildman–Crippen LogP) is 7.94. The predicted molar refractivity (Wildman–Crippen MR) is 159 cm³/mol. The quantitative estimate of drug-likeness (QED) is 0.244. The molecular weight excluding hydrogens is 492 g/mol. The third-order valence-electron chi connectivity index (χ3n) is 7.84. The number of hydrogen-bond acceptors (Lipinski definition) is 4. The van der Waals surface area contributed by atoms with Crippen LogP contribution in [-0.4, -0.2) is 10.9 Å². The summed E-state index contributed by atoms with van der Waals surface area (Å²) >= 11 is 0. The van der Waals surface area contributed by atoms with Gasteiger partial charge in [-0.1, -0.05) is 115 Å². The molecule has 198 valence electrons. The maximum atomic E-state index is 6.63. The second-order valence-electron chi connectivity index (χ2n) is 10.6. The van der Waals surface area contributed by atoms with Crippen LogP contribution in [0.25, 0.3) is 0 Å². The number of anilines is 1. The van der Waals surface area contributed by atoms with Gasteiger partial charge in [0.1, 0.15) is 17.6 Å². The number of benzene rings is 5. The summed E-state index contributed by atoms with van der Waals surface area (Å²) in [4.78, 5) is 2.40. The Morgan fingerprint density at radius 1 is 0.600 bits per heavy atom. The Balaban J connectivity index is 1.18. The molecule has 0 spiro atoms. The summed E-state index contributed by atoms with van der Waals surface area (Å²) in [7, 11) is 0. The van der Waals surface area contributed by atoms with Crippen LogP contribution in [0.1, 0.15) is 40.1 Å². The molecule has 0 aliphatic carbocycles. The van der Waals surface area contributed by atoms with E-state index in [-0.39, 0.29) is 18.4 Å². The summed E-state index contributed by atoms with van der Waals surface area (Å²) < 4.78 is 13.2. The smallest absolute Gasteiger partial charge is 0.179 e. The van der Waals surface area contributed by atoms with Gasteiger partial charge in [0.25, 0.3) is 0 Å². The second-order valence-corrected chi connectivity index (χ2v) is 10.6. The van der Waals surface area contributed by atoms with E-state index in [1.807, 2.05) is 24.3 Å². The molecule has 7 rings (SSSR count). The van der Waals surface area contributed by atoms with Gasteiger partial charge in [-0.05, 0) is 41.3 Å². The molecule has 0 bridgehead atoms. The SMILES string of the molecule is c1ccc(CC2Nc3ccccc3OC2c2ccc(C3Oc4ccccc4CN3Cc3ccccc3)cc2)cc1. The van der Waals surface area contributed by atoms with Crippen LogP contribution in [-0.2, 0) is 19.5 Å². The largest absolute Gasteiger partial charge is 0.481 e. The van der Waals surface area contributed by atoms with Crippen molar-refractivity contribution in [1.82, 2.24) is 4.90 Å². The minimum Gasteiger partial charge on any atom is -0.481 e. The molecule has 40 heavy (non-hydrogen) atoms. The Labute approximate surface area is 235 Å². The minimum absolute atomic E-state index is 0.107. The van der Waals surface area contributed by atoms with E-state index in [0.717, 1.165) is 47.8 Å². The van der Waals surface area contributed by atoms with Crippen molar-refractivity contribution in [3.05, 3.63) is 161 Å². The molecule has 2 aliphatic heterocycles. The Hall–Kier alpha value is -4.54. The lowest BCUT2D eigenvalue weighted by Crippen LogP contribution is -2.37. The van der Waals surface area contributed by atoms with Gasteiger partial charge in [-0.15, -0.1) is 0 Å². The second kappa shape index (κ2) is 10.9. The fraction of sp³-hybridized carbons (Fsp3) is 0.167. The van der Waals surface area contributed by atoms with Crippen molar-refractivity contribution in [2.75, 3.05) is 5.32 Å². The van der Waals surface area contributed by atoms with E-state index in [4.69, 9.17) is 9.47 Å². The van der Waals surface area contributed by atoms with Gasteiger partial charge in [0.05, 0.1) is 11.7 Å². The topological polar surface area (TPSA) is 33.7 Å². The number of hydrogen-bond donors (Lipinski definition) is 1. The molecular formula is C36H32N2O2. The van der Waals surface area contributed by atoms with Gasteiger partial charge < -0.3 is 14.8 Å². The van der Waals surface area contributed by atoms with Gasteiger partial charge in [0.15, 0.2) is 6.23 Å². The molecule has 3 unspecified atom stereocenters. The van der Waals surface area contributed by atoms with Gasteiger partial charge in [0, 0.05) is 24.2 Å². The first kappa shape index (κ1) is 24.5. The maximum absolute atomic E-state index is 6.63. The van der Waals surface area contributed by atoms with Crippen molar-refractivity contribution >= 4 is 5.69 Å². The summed E-state index contributed by atoms with van der Waals surface area (Å²) in [6.45, 7) is 1.65. The highest BCUT2D eigenvalue weighted by Gasteiger charge is 2.32. The highest BCUT2D eigenvalue weighted by Crippen LogP contribution is 2.40. The molecule has 2 aliphatic rings. The fourth-order valence-electron chi connectivity index (χ4n) is 5.84. The summed E-state index contributed by atoms with van der Waals surface area (Å²) in [5, 5.41) is 3.76. The van der Waals surface area contributed by atoms with Crippen LogP contribution in [0.4, 0.5) is 5.69 Å². The van der Waals surface area contributed by atoms with Crippen LogP contribution in [0, 0.1) is 0 Å². The molecule has 0 amide bonds. The normalized spacial score (nSPS) is 19.9. The highest BCUT2D eigenvalue weighted by atomic mass is 16.5. The van der Waals surface area contributed by atoms with Crippen LogP contribution in [0.15, 0.2) is 133 Å². The van der Waals surface area contributed by atoms with Crippen molar-refractivity contribution in [2.24, 2.45) is 0 Å². The number of fused-ring (bicyclic) bond motifs is 2. The van der Waals surface area contributed by atoms with Crippen molar-refractivity contribution in [2.45, 2.75) is 37.9 Å². The average molecular weight is 525 g/mol. The van der Waals surface area contributed by atoms with Crippen LogP contribution in [0.2, 0.25) is 0 Å². The van der Waals surface area contributed by atoms with E-state index in [2.05, 4.69) is 119 Å². The first-order valence-corrected chi connectivity index (χ1v) is 14.0. The molecule has 0 radical (unpaired) electrons. The van der Waals surface area contributed by atoms with Crippen molar-refractivity contribution < 1.29 is 9.47 Å². The van der Waals surface area contributed by atoms with E-state index in [1.54, 1.807) is 0 Å². The molecule has 2 heterocycles. The van der Waals surface area contributed by atoms with E-state index in [9.17, 15) is 0 Å². The lowest BCUT2D eigenvalue weighted by atomic mass is 9.93.